The van der Waals surface area contributed by atoms with E-state index in [-0.39, 0.29) is 5.91 Å². The van der Waals surface area contributed by atoms with Crippen molar-refractivity contribution in [2.45, 2.75) is 6.54 Å². The summed E-state index contributed by atoms with van der Waals surface area (Å²) in [7, 11) is 0. The zero-order valence-corrected chi connectivity index (χ0v) is 15.2. The lowest BCUT2D eigenvalue weighted by atomic mass is 10.1. The highest BCUT2D eigenvalue weighted by Gasteiger charge is 2.13. The first kappa shape index (κ1) is 16.7. The molecule has 0 saturated heterocycles. The molecule has 4 rings (SSSR count). The molecule has 1 amide bonds. The van der Waals surface area contributed by atoms with Crippen molar-refractivity contribution in [2.75, 3.05) is 0 Å². The molecule has 2 aromatic heterocycles. The van der Waals surface area contributed by atoms with Crippen molar-refractivity contribution in [1.29, 1.82) is 0 Å². The van der Waals surface area contributed by atoms with E-state index in [9.17, 15) is 4.79 Å². The van der Waals surface area contributed by atoms with Crippen molar-refractivity contribution in [1.82, 2.24) is 15.3 Å². The Morgan fingerprint density at radius 2 is 1.96 bits per heavy atom. The Morgan fingerprint density at radius 1 is 1.12 bits per heavy atom. The number of nitrogens with one attached hydrogen (secondary N) is 1. The van der Waals surface area contributed by atoms with Gasteiger partial charge in [0.2, 0.25) is 0 Å². The fourth-order valence-corrected chi connectivity index (χ4v) is 3.68. The van der Waals surface area contributed by atoms with Crippen LogP contribution in [0.5, 0.6) is 0 Å². The summed E-state index contributed by atoms with van der Waals surface area (Å²) in [6, 6.07) is 17.1. The second kappa shape index (κ2) is 7.23. The van der Waals surface area contributed by atoms with Gasteiger partial charge in [-0.15, -0.1) is 11.3 Å². The fraction of sp³-hybridized carbons (Fsp3) is 0.0500. The third kappa shape index (κ3) is 3.45. The van der Waals surface area contributed by atoms with E-state index in [1.54, 1.807) is 18.3 Å². The number of nitrogens with zero attached hydrogens (tertiary/aromatic N) is 2. The summed E-state index contributed by atoms with van der Waals surface area (Å²) in [6.07, 6.45) is 1.67. The molecule has 0 atom stereocenters. The number of benzene rings is 2. The van der Waals surface area contributed by atoms with Gasteiger partial charge >= 0.3 is 0 Å². The Hall–Kier alpha value is -2.76. The number of carbonyl (C=O) groups excluding carboxylic acids is 1. The van der Waals surface area contributed by atoms with Crippen molar-refractivity contribution >= 4 is 39.7 Å². The highest BCUT2D eigenvalue weighted by atomic mass is 35.5. The topological polar surface area (TPSA) is 54.9 Å². The van der Waals surface area contributed by atoms with Crippen LogP contribution in [0.25, 0.3) is 22.2 Å². The van der Waals surface area contributed by atoms with E-state index in [0.717, 1.165) is 21.7 Å². The van der Waals surface area contributed by atoms with E-state index < -0.39 is 0 Å². The lowest BCUT2D eigenvalue weighted by molar-refractivity contribution is 0.0952. The highest BCUT2D eigenvalue weighted by Crippen LogP contribution is 2.23. The Kier molecular flexibility index (Phi) is 4.65. The molecule has 0 fully saturated rings. The van der Waals surface area contributed by atoms with Crippen LogP contribution < -0.4 is 5.32 Å². The average Bonchev–Trinajstić information content (AvgIpc) is 3.15. The molecule has 0 bridgehead atoms. The van der Waals surface area contributed by atoms with Gasteiger partial charge in [-0.25, -0.2) is 4.98 Å². The molecule has 0 aliphatic rings. The van der Waals surface area contributed by atoms with Crippen LogP contribution in [0.3, 0.4) is 0 Å². The minimum atomic E-state index is -0.215. The second-order valence-electron chi connectivity index (χ2n) is 5.70. The minimum Gasteiger partial charge on any atom is -0.345 e. The second-order valence-corrected chi connectivity index (χ2v) is 7.08. The van der Waals surface area contributed by atoms with Gasteiger partial charge in [-0.1, -0.05) is 48.0 Å². The van der Waals surface area contributed by atoms with Crippen LogP contribution in [0.1, 0.15) is 15.4 Å². The summed E-state index contributed by atoms with van der Waals surface area (Å²) < 4.78 is 0. The maximum absolute atomic E-state index is 12.6. The SMILES string of the molecule is O=C(NCc1nc(-c2ccccc2)cs1)c1cc(Cl)cc2cccnc12. The molecular weight excluding hydrogens is 366 g/mol. The molecule has 1 N–H and O–H groups in total. The molecule has 4 nitrogen and oxygen atoms in total. The average molecular weight is 380 g/mol. The molecule has 6 heteroatoms. The Labute approximate surface area is 159 Å². The van der Waals surface area contributed by atoms with Crippen molar-refractivity contribution in [2.24, 2.45) is 0 Å². The zero-order valence-electron chi connectivity index (χ0n) is 13.6. The predicted molar refractivity (Wildman–Crippen MR) is 105 cm³/mol. The van der Waals surface area contributed by atoms with Crippen molar-refractivity contribution in [3.05, 3.63) is 81.8 Å². The summed E-state index contributed by atoms with van der Waals surface area (Å²) in [4.78, 5) is 21.5. The van der Waals surface area contributed by atoms with Crippen LogP contribution in [-0.2, 0) is 6.54 Å². The van der Waals surface area contributed by atoms with Gasteiger partial charge in [-0.2, -0.15) is 0 Å². The van der Waals surface area contributed by atoms with Crippen LogP contribution in [0, 0.1) is 0 Å². The summed E-state index contributed by atoms with van der Waals surface area (Å²) in [5.74, 6) is -0.215. The molecule has 2 aromatic carbocycles. The van der Waals surface area contributed by atoms with E-state index in [1.165, 1.54) is 11.3 Å². The van der Waals surface area contributed by atoms with Gasteiger partial charge in [0.1, 0.15) is 5.01 Å². The lowest BCUT2D eigenvalue weighted by Gasteiger charge is -2.07. The van der Waals surface area contributed by atoms with Crippen molar-refractivity contribution in [3.63, 3.8) is 0 Å². The molecule has 0 aliphatic carbocycles. The highest BCUT2D eigenvalue weighted by molar-refractivity contribution is 7.09. The van der Waals surface area contributed by atoms with Crippen molar-refractivity contribution < 1.29 is 4.79 Å². The maximum atomic E-state index is 12.6. The van der Waals surface area contributed by atoms with Gasteiger partial charge in [0, 0.05) is 27.5 Å². The minimum absolute atomic E-state index is 0.215. The molecule has 4 aromatic rings. The first-order valence-corrected chi connectivity index (χ1v) is 9.29. The Balaban J connectivity index is 1.52. The van der Waals surface area contributed by atoms with E-state index in [0.29, 0.717) is 22.6 Å². The number of hydrogen-bond acceptors (Lipinski definition) is 4. The van der Waals surface area contributed by atoms with Crippen molar-refractivity contribution in [3.8, 4) is 11.3 Å². The van der Waals surface area contributed by atoms with E-state index in [1.807, 2.05) is 47.8 Å². The number of thiazole rings is 1. The third-order valence-electron chi connectivity index (χ3n) is 3.94. The van der Waals surface area contributed by atoms with Crippen LogP contribution >= 0.6 is 22.9 Å². The fourth-order valence-electron chi connectivity index (χ4n) is 2.71. The van der Waals surface area contributed by atoms with Gasteiger partial charge < -0.3 is 5.32 Å². The predicted octanol–water partition coefficient (Wildman–Crippen LogP) is 4.94. The quantitative estimate of drug-likeness (QED) is 0.546. The van der Waals surface area contributed by atoms with Gasteiger partial charge in [0.05, 0.1) is 23.3 Å². The van der Waals surface area contributed by atoms with E-state index in [2.05, 4.69) is 15.3 Å². The smallest absolute Gasteiger partial charge is 0.253 e. The molecular formula is C20H14ClN3OS. The molecule has 0 spiro atoms. The Morgan fingerprint density at radius 3 is 2.81 bits per heavy atom. The van der Waals surface area contributed by atoms with Crippen LogP contribution in [0.4, 0.5) is 0 Å². The van der Waals surface area contributed by atoms with Gasteiger partial charge in [-0.05, 0) is 18.2 Å². The number of hydrogen-bond donors (Lipinski definition) is 1. The number of rotatable bonds is 4. The van der Waals surface area contributed by atoms with Crippen LogP contribution in [-0.4, -0.2) is 15.9 Å². The number of aromatic nitrogens is 2. The summed E-state index contributed by atoms with van der Waals surface area (Å²) in [5.41, 5.74) is 3.08. The maximum Gasteiger partial charge on any atom is 0.253 e. The normalized spacial score (nSPS) is 10.8. The molecule has 128 valence electrons. The number of halogens is 1. The summed E-state index contributed by atoms with van der Waals surface area (Å²) >= 11 is 7.66. The monoisotopic (exact) mass is 379 g/mol. The first-order chi connectivity index (χ1) is 12.7. The number of amides is 1. The zero-order chi connectivity index (χ0) is 17.9. The molecule has 0 unspecified atom stereocenters. The van der Waals surface area contributed by atoms with E-state index in [4.69, 9.17) is 11.6 Å². The molecule has 0 radical (unpaired) electrons. The standard InChI is InChI=1S/C20H14ClN3OS/c21-15-9-14-7-4-8-22-19(14)16(10-15)20(25)23-11-18-24-17(12-26-18)13-5-2-1-3-6-13/h1-10,12H,11H2,(H,23,25). The largest absolute Gasteiger partial charge is 0.345 e. The summed E-state index contributed by atoms with van der Waals surface area (Å²) in [5, 5.41) is 7.10. The molecule has 26 heavy (non-hydrogen) atoms. The molecule has 0 aliphatic heterocycles. The van der Waals surface area contributed by atoms with Crippen LogP contribution in [0.15, 0.2) is 66.2 Å². The Bertz CT molecular complexity index is 1080. The van der Waals surface area contributed by atoms with Gasteiger partial charge in [-0.3, -0.25) is 9.78 Å². The lowest BCUT2D eigenvalue weighted by Crippen LogP contribution is -2.23. The van der Waals surface area contributed by atoms with Crippen LogP contribution in [0.2, 0.25) is 5.02 Å². The number of fused-ring (bicyclic) bond motifs is 1. The molecule has 0 saturated carbocycles. The van der Waals surface area contributed by atoms with Gasteiger partial charge in [0.15, 0.2) is 0 Å². The first-order valence-electron chi connectivity index (χ1n) is 8.03. The summed E-state index contributed by atoms with van der Waals surface area (Å²) in [6.45, 7) is 0.358. The molecule has 2 heterocycles. The third-order valence-corrected chi connectivity index (χ3v) is 5.00. The number of pyridine rings is 1. The number of carbonyl (C=O) groups is 1. The van der Waals surface area contributed by atoms with E-state index >= 15 is 0 Å². The van der Waals surface area contributed by atoms with Gasteiger partial charge in [0.25, 0.3) is 5.91 Å².